The fraction of sp³-hybridized carbons (Fsp3) is 0.769. The maximum atomic E-state index is 11.4. The van der Waals surface area contributed by atoms with Gasteiger partial charge in [0.15, 0.2) is 0 Å². The molecule has 0 aromatic heterocycles. The molecule has 0 aromatic carbocycles. The van der Waals surface area contributed by atoms with Crippen molar-refractivity contribution < 1.29 is 19.4 Å². The summed E-state index contributed by atoms with van der Waals surface area (Å²) in [6.07, 6.45) is 0.474. The standard InChI is InChI=1S/C13H25NO4/c1-9(17-12(2,3)4)10(14)7-8-11(15)18-13(5,6)16/h10,16H,1,7-8,14H2,2-6H3. The third-order valence-corrected chi connectivity index (χ3v) is 1.87. The Morgan fingerprint density at radius 1 is 1.28 bits per heavy atom. The quantitative estimate of drug-likeness (QED) is 0.431. The Balaban J connectivity index is 4.07. The zero-order valence-electron chi connectivity index (χ0n) is 11.9. The first kappa shape index (κ1) is 16.9. The molecule has 1 unspecified atom stereocenters. The fourth-order valence-corrected chi connectivity index (χ4v) is 1.23. The fourth-order valence-electron chi connectivity index (χ4n) is 1.23. The second-order valence-corrected chi connectivity index (χ2v) is 5.75. The molecule has 106 valence electrons. The monoisotopic (exact) mass is 259 g/mol. The van der Waals surface area contributed by atoms with Gasteiger partial charge in [0.05, 0.1) is 6.04 Å². The lowest BCUT2D eigenvalue weighted by molar-refractivity contribution is -0.195. The highest BCUT2D eigenvalue weighted by Crippen LogP contribution is 2.16. The summed E-state index contributed by atoms with van der Waals surface area (Å²) in [5, 5.41) is 9.30. The van der Waals surface area contributed by atoms with Crippen molar-refractivity contribution >= 4 is 5.97 Å². The molecule has 5 nitrogen and oxygen atoms in total. The van der Waals surface area contributed by atoms with Crippen LogP contribution in [-0.2, 0) is 14.3 Å². The Morgan fingerprint density at radius 3 is 2.17 bits per heavy atom. The van der Waals surface area contributed by atoms with Crippen LogP contribution in [0.3, 0.4) is 0 Å². The molecule has 0 spiro atoms. The van der Waals surface area contributed by atoms with Gasteiger partial charge in [0.25, 0.3) is 0 Å². The number of hydrogen-bond donors (Lipinski definition) is 2. The summed E-state index contributed by atoms with van der Waals surface area (Å²) in [6, 6.07) is -0.432. The first-order chi connectivity index (χ1) is 7.91. The molecule has 0 aliphatic heterocycles. The van der Waals surface area contributed by atoms with E-state index in [-0.39, 0.29) is 12.0 Å². The molecule has 1 atom stereocenters. The summed E-state index contributed by atoms with van der Waals surface area (Å²) >= 11 is 0. The van der Waals surface area contributed by atoms with Crippen LogP contribution in [0.5, 0.6) is 0 Å². The smallest absolute Gasteiger partial charge is 0.308 e. The van der Waals surface area contributed by atoms with Crippen LogP contribution in [0.15, 0.2) is 12.3 Å². The van der Waals surface area contributed by atoms with Gasteiger partial charge in [-0.1, -0.05) is 6.58 Å². The van der Waals surface area contributed by atoms with Gasteiger partial charge in [-0.05, 0) is 27.2 Å². The van der Waals surface area contributed by atoms with Crippen LogP contribution in [0.1, 0.15) is 47.5 Å². The predicted molar refractivity (Wildman–Crippen MR) is 69.6 cm³/mol. The lowest BCUT2D eigenvalue weighted by atomic mass is 10.1. The maximum Gasteiger partial charge on any atom is 0.308 e. The summed E-state index contributed by atoms with van der Waals surface area (Å²) in [6.45, 7) is 12.2. The van der Waals surface area contributed by atoms with E-state index < -0.39 is 17.8 Å². The van der Waals surface area contributed by atoms with Gasteiger partial charge in [0, 0.05) is 20.3 Å². The first-order valence-electron chi connectivity index (χ1n) is 5.98. The van der Waals surface area contributed by atoms with E-state index in [1.165, 1.54) is 13.8 Å². The molecule has 0 aliphatic rings. The number of rotatable bonds is 6. The highest BCUT2D eigenvalue weighted by molar-refractivity contribution is 5.69. The minimum absolute atomic E-state index is 0.109. The van der Waals surface area contributed by atoms with Crippen molar-refractivity contribution in [1.29, 1.82) is 0 Å². The molecule has 0 heterocycles. The predicted octanol–water partition coefficient (Wildman–Crippen LogP) is 1.69. The molecule has 18 heavy (non-hydrogen) atoms. The van der Waals surface area contributed by atoms with Gasteiger partial charge in [-0.15, -0.1) is 0 Å². The van der Waals surface area contributed by atoms with Gasteiger partial charge in [0.1, 0.15) is 11.4 Å². The molecule has 0 amide bonds. The molecule has 3 N–H and O–H groups in total. The van der Waals surface area contributed by atoms with Crippen LogP contribution in [0, 0.1) is 0 Å². The summed E-state index contributed by atoms with van der Waals surface area (Å²) < 4.78 is 10.3. The molecule has 0 saturated heterocycles. The van der Waals surface area contributed by atoms with E-state index in [0.29, 0.717) is 12.2 Å². The van der Waals surface area contributed by atoms with Crippen molar-refractivity contribution in [3.05, 3.63) is 12.3 Å². The average molecular weight is 259 g/mol. The number of carbonyl (C=O) groups is 1. The van der Waals surface area contributed by atoms with E-state index in [4.69, 9.17) is 15.2 Å². The topological polar surface area (TPSA) is 81.8 Å². The van der Waals surface area contributed by atoms with Crippen LogP contribution < -0.4 is 5.73 Å². The van der Waals surface area contributed by atoms with E-state index in [1.807, 2.05) is 20.8 Å². The van der Waals surface area contributed by atoms with Gasteiger partial charge in [-0.3, -0.25) is 4.79 Å². The number of hydrogen-bond acceptors (Lipinski definition) is 5. The molecular weight excluding hydrogens is 234 g/mol. The third kappa shape index (κ3) is 9.01. The van der Waals surface area contributed by atoms with Crippen molar-refractivity contribution in [1.82, 2.24) is 0 Å². The summed E-state index contributed by atoms with van der Waals surface area (Å²) in [5.41, 5.74) is 5.48. The highest BCUT2D eigenvalue weighted by atomic mass is 16.7. The van der Waals surface area contributed by atoms with E-state index in [0.717, 1.165) is 0 Å². The zero-order chi connectivity index (χ0) is 14.6. The van der Waals surface area contributed by atoms with Crippen molar-refractivity contribution in [2.24, 2.45) is 5.73 Å². The molecule has 0 saturated carbocycles. The average Bonchev–Trinajstić information content (AvgIpc) is 2.08. The van der Waals surface area contributed by atoms with E-state index in [9.17, 15) is 9.90 Å². The van der Waals surface area contributed by atoms with Gasteiger partial charge >= 0.3 is 5.97 Å². The minimum Gasteiger partial charge on any atom is -0.491 e. The van der Waals surface area contributed by atoms with Crippen molar-refractivity contribution in [3.8, 4) is 0 Å². The largest absolute Gasteiger partial charge is 0.491 e. The lowest BCUT2D eigenvalue weighted by Crippen LogP contribution is -2.31. The van der Waals surface area contributed by atoms with Crippen LogP contribution in [-0.4, -0.2) is 28.5 Å². The molecule has 0 aromatic rings. The number of esters is 1. The highest BCUT2D eigenvalue weighted by Gasteiger charge is 2.21. The number of carbonyl (C=O) groups excluding carboxylic acids is 1. The first-order valence-corrected chi connectivity index (χ1v) is 5.98. The Morgan fingerprint density at radius 2 is 1.78 bits per heavy atom. The molecule has 0 rings (SSSR count). The van der Waals surface area contributed by atoms with Crippen molar-refractivity contribution in [2.45, 2.75) is 64.9 Å². The van der Waals surface area contributed by atoms with Crippen LogP contribution in [0.25, 0.3) is 0 Å². The Hall–Kier alpha value is -1.07. The van der Waals surface area contributed by atoms with Gasteiger partial charge in [-0.25, -0.2) is 0 Å². The van der Waals surface area contributed by atoms with Gasteiger partial charge in [-0.2, -0.15) is 0 Å². The van der Waals surface area contributed by atoms with Gasteiger partial charge in [0.2, 0.25) is 5.79 Å². The Kier molecular flexibility index (Phi) is 5.83. The molecule has 0 radical (unpaired) electrons. The molecule has 5 heteroatoms. The van der Waals surface area contributed by atoms with E-state index in [2.05, 4.69) is 6.58 Å². The zero-order valence-corrected chi connectivity index (χ0v) is 11.9. The second kappa shape index (κ2) is 6.20. The Labute approximate surface area is 109 Å². The Bertz CT molecular complexity index is 299. The van der Waals surface area contributed by atoms with Crippen LogP contribution in [0.2, 0.25) is 0 Å². The molecule has 0 bridgehead atoms. The third-order valence-electron chi connectivity index (χ3n) is 1.87. The molecule has 0 fully saturated rings. The normalized spacial score (nSPS) is 13.9. The molecule has 0 aliphatic carbocycles. The number of aliphatic hydroxyl groups is 1. The maximum absolute atomic E-state index is 11.4. The molecular formula is C13H25NO4. The van der Waals surface area contributed by atoms with Crippen LogP contribution >= 0.6 is 0 Å². The van der Waals surface area contributed by atoms with E-state index >= 15 is 0 Å². The lowest BCUT2D eigenvalue weighted by Gasteiger charge is -2.26. The summed E-state index contributed by atoms with van der Waals surface area (Å²) in [4.78, 5) is 11.4. The summed E-state index contributed by atoms with van der Waals surface area (Å²) in [5.74, 6) is -1.51. The van der Waals surface area contributed by atoms with E-state index in [1.54, 1.807) is 0 Å². The number of nitrogens with two attached hydrogens (primary N) is 1. The second-order valence-electron chi connectivity index (χ2n) is 5.75. The van der Waals surface area contributed by atoms with Gasteiger partial charge < -0.3 is 20.3 Å². The summed E-state index contributed by atoms with van der Waals surface area (Å²) in [7, 11) is 0. The van der Waals surface area contributed by atoms with Crippen molar-refractivity contribution in [3.63, 3.8) is 0 Å². The minimum atomic E-state index is -1.46. The SMILES string of the molecule is C=C(OC(C)(C)C)C(N)CCC(=O)OC(C)(C)O. The van der Waals surface area contributed by atoms with Crippen LogP contribution in [0.4, 0.5) is 0 Å². The number of ether oxygens (including phenoxy) is 2. The van der Waals surface area contributed by atoms with Crippen molar-refractivity contribution in [2.75, 3.05) is 0 Å².